The minimum atomic E-state index is -0.789. The molecule has 0 aliphatic heterocycles. The van der Waals surface area contributed by atoms with E-state index in [-0.39, 0.29) is 6.61 Å². The molecular weight excluding hydrogens is 228 g/mol. The van der Waals surface area contributed by atoms with Crippen molar-refractivity contribution < 1.29 is 9.53 Å². The van der Waals surface area contributed by atoms with Crippen molar-refractivity contribution in [1.29, 1.82) is 0 Å². The Morgan fingerprint density at radius 2 is 2.00 bits per heavy atom. The van der Waals surface area contributed by atoms with Crippen LogP contribution in [0.2, 0.25) is 0 Å². The molecule has 0 amide bonds. The molecule has 0 saturated heterocycles. The number of benzene rings is 1. The van der Waals surface area contributed by atoms with Crippen molar-refractivity contribution in [1.82, 2.24) is 4.98 Å². The van der Waals surface area contributed by atoms with Gasteiger partial charge in [-0.3, -0.25) is 4.98 Å². The van der Waals surface area contributed by atoms with Crippen LogP contribution < -0.4 is 5.73 Å². The molecule has 2 N–H and O–H groups in total. The number of aromatic nitrogens is 1. The number of nitrogens with two attached hydrogens (primary N) is 1. The van der Waals surface area contributed by atoms with E-state index >= 15 is 0 Å². The SMILES string of the molecule is NC(C(=O)OCc1ccccc1)c1cccnc1. The quantitative estimate of drug-likeness (QED) is 0.831. The lowest BCUT2D eigenvalue weighted by Gasteiger charge is -2.11. The van der Waals surface area contributed by atoms with Crippen LogP contribution in [0.4, 0.5) is 0 Å². The molecule has 2 aromatic rings. The van der Waals surface area contributed by atoms with Crippen molar-refractivity contribution in [3.63, 3.8) is 0 Å². The Kier molecular flexibility index (Phi) is 4.04. The van der Waals surface area contributed by atoms with E-state index in [1.807, 2.05) is 30.3 Å². The number of pyridine rings is 1. The van der Waals surface area contributed by atoms with Crippen LogP contribution in [0.3, 0.4) is 0 Å². The molecule has 1 heterocycles. The minimum absolute atomic E-state index is 0.230. The molecule has 1 unspecified atom stereocenters. The van der Waals surface area contributed by atoms with Crippen LogP contribution in [-0.4, -0.2) is 11.0 Å². The second-order valence-corrected chi connectivity index (χ2v) is 3.86. The molecular formula is C14H14N2O2. The predicted octanol–water partition coefficient (Wildman–Crippen LogP) is 1.82. The van der Waals surface area contributed by atoms with E-state index in [1.54, 1.807) is 24.5 Å². The Morgan fingerprint density at radius 3 is 2.67 bits per heavy atom. The van der Waals surface area contributed by atoms with Crippen molar-refractivity contribution in [2.24, 2.45) is 5.73 Å². The highest BCUT2D eigenvalue weighted by Crippen LogP contribution is 2.11. The summed E-state index contributed by atoms with van der Waals surface area (Å²) in [5.41, 5.74) is 7.37. The van der Waals surface area contributed by atoms with Gasteiger partial charge in [0.05, 0.1) is 0 Å². The van der Waals surface area contributed by atoms with E-state index in [1.165, 1.54) is 0 Å². The Hall–Kier alpha value is -2.20. The highest BCUT2D eigenvalue weighted by Gasteiger charge is 2.17. The summed E-state index contributed by atoms with van der Waals surface area (Å²) in [6, 6.07) is 12.2. The molecule has 18 heavy (non-hydrogen) atoms. The Bertz CT molecular complexity index is 500. The summed E-state index contributed by atoms with van der Waals surface area (Å²) in [7, 11) is 0. The summed E-state index contributed by atoms with van der Waals surface area (Å²) in [5, 5.41) is 0. The fourth-order valence-corrected chi connectivity index (χ4v) is 1.51. The first kappa shape index (κ1) is 12.3. The summed E-state index contributed by atoms with van der Waals surface area (Å²) in [6.07, 6.45) is 3.19. The maximum Gasteiger partial charge on any atom is 0.327 e. The first-order chi connectivity index (χ1) is 8.77. The topological polar surface area (TPSA) is 65.2 Å². The third kappa shape index (κ3) is 3.15. The second-order valence-electron chi connectivity index (χ2n) is 3.86. The molecule has 4 nitrogen and oxygen atoms in total. The van der Waals surface area contributed by atoms with Crippen molar-refractivity contribution in [3.8, 4) is 0 Å². The maximum atomic E-state index is 11.7. The number of hydrogen-bond acceptors (Lipinski definition) is 4. The maximum absolute atomic E-state index is 11.7. The molecule has 0 aliphatic carbocycles. The molecule has 1 aromatic carbocycles. The van der Waals surface area contributed by atoms with E-state index < -0.39 is 12.0 Å². The molecule has 0 fully saturated rings. The van der Waals surface area contributed by atoms with Gasteiger partial charge >= 0.3 is 5.97 Å². The van der Waals surface area contributed by atoms with Crippen LogP contribution in [0.25, 0.3) is 0 Å². The van der Waals surface area contributed by atoms with Gasteiger partial charge < -0.3 is 10.5 Å². The third-order valence-corrected chi connectivity index (χ3v) is 2.52. The van der Waals surface area contributed by atoms with Gasteiger partial charge in [0.1, 0.15) is 12.6 Å². The molecule has 0 saturated carbocycles. The summed E-state index contributed by atoms with van der Waals surface area (Å²) in [6.45, 7) is 0.230. The summed E-state index contributed by atoms with van der Waals surface area (Å²) in [4.78, 5) is 15.7. The number of hydrogen-bond donors (Lipinski definition) is 1. The van der Waals surface area contributed by atoms with Crippen LogP contribution in [0, 0.1) is 0 Å². The van der Waals surface area contributed by atoms with E-state index in [9.17, 15) is 4.79 Å². The number of carbonyl (C=O) groups is 1. The zero-order chi connectivity index (χ0) is 12.8. The van der Waals surface area contributed by atoms with Gasteiger partial charge in [0, 0.05) is 12.4 Å². The zero-order valence-electron chi connectivity index (χ0n) is 9.82. The Balaban J connectivity index is 1.93. The van der Waals surface area contributed by atoms with Crippen molar-refractivity contribution in [2.45, 2.75) is 12.6 Å². The number of rotatable bonds is 4. The lowest BCUT2D eigenvalue weighted by Crippen LogP contribution is -2.23. The van der Waals surface area contributed by atoms with Crippen molar-refractivity contribution in [2.75, 3.05) is 0 Å². The lowest BCUT2D eigenvalue weighted by atomic mass is 10.1. The summed E-state index contributed by atoms with van der Waals surface area (Å²) < 4.78 is 5.15. The standard InChI is InChI=1S/C14H14N2O2/c15-13(12-7-4-8-16-9-12)14(17)18-10-11-5-2-1-3-6-11/h1-9,13H,10,15H2. The van der Waals surface area contributed by atoms with Gasteiger partial charge in [0.2, 0.25) is 0 Å². The van der Waals surface area contributed by atoms with Crippen molar-refractivity contribution >= 4 is 5.97 Å². The zero-order valence-corrected chi connectivity index (χ0v) is 9.82. The van der Waals surface area contributed by atoms with Crippen molar-refractivity contribution in [3.05, 3.63) is 66.0 Å². The molecule has 1 atom stereocenters. The Labute approximate surface area is 105 Å². The second kappa shape index (κ2) is 5.93. The van der Waals surface area contributed by atoms with Gasteiger partial charge in [-0.05, 0) is 17.2 Å². The van der Waals surface area contributed by atoms with E-state index in [2.05, 4.69) is 4.98 Å². The number of ether oxygens (including phenoxy) is 1. The molecule has 2 rings (SSSR count). The monoisotopic (exact) mass is 242 g/mol. The molecule has 0 radical (unpaired) electrons. The number of esters is 1. The molecule has 4 heteroatoms. The smallest absolute Gasteiger partial charge is 0.327 e. The van der Waals surface area contributed by atoms with Gasteiger partial charge in [-0.15, -0.1) is 0 Å². The number of carbonyl (C=O) groups excluding carboxylic acids is 1. The minimum Gasteiger partial charge on any atom is -0.459 e. The Morgan fingerprint density at radius 1 is 1.22 bits per heavy atom. The third-order valence-electron chi connectivity index (χ3n) is 2.52. The largest absolute Gasteiger partial charge is 0.459 e. The summed E-state index contributed by atoms with van der Waals surface area (Å²) >= 11 is 0. The van der Waals surface area contributed by atoms with Crippen LogP contribution in [-0.2, 0) is 16.1 Å². The molecule has 0 bridgehead atoms. The summed E-state index contributed by atoms with van der Waals surface area (Å²) in [5.74, 6) is -0.452. The van der Waals surface area contributed by atoms with E-state index in [4.69, 9.17) is 10.5 Å². The highest BCUT2D eigenvalue weighted by molar-refractivity contribution is 5.77. The average molecular weight is 242 g/mol. The fourth-order valence-electron chi connectivity index (χ4n) is 1.51. The predicted molar refractivity (Wildman–Crippen MR) is 67.4 cm³/mol. The molecule has 0 spiro atoms. The lowest BCUT2D eigenvalue weighted by molar-refractivity contribution is -0.146. The van der Waals surface area contributed by atoms with Gasteiger partial charge in [0.25, 0.3) is 0 Å². The molecule has 0 aliphatic rings. The number of nitrogens with zero attached hydrogens (tertiary/aromatic N) is 1. The van der Waals surface area contributed by atoms with Gasteiger partial charge in [-0.25, -0.2) is 4.79 Å². The van der Waals surface area contributed by atoms with Gasteiger partial charge in [-0.2, -0.15) is 0 Å². The van der Waals surface area contributed by atoms with Gasteiger partial charge in [0.15, 0.2) is 0 Å². The molecule has 92 valence electrons. The van der Waals surface area contributed by atoms with E-state index in [0.29, 0.717) is 5.56 Å². The fraction of sp³-hybridized carbons (Fsp3) is 0.143. The van der Waals surface area contributed by atoms with E-state index in [0.717, 1.165) is 5.56 Å². The normalized spacial score (nSPS) is 11.8. The average Bonchev–Trinajstić information content (AvgIpc) is 2.46. The van der Waals surface area contributed by atoms with Gasteiger partial charge in [-0.1, -0.05) is 36.4 Å². The first-order valence-electron chi connectivity index (χ1n) is 5.63. The van der Waals surface area contributed by atoms with Crippen LogP contribution in [0.1, 0.15) is 17.2 Å². The van der Waals surface area contributed by atoms with Crippen LogP contribution >= 0.6 is 0 Å². The molecule has 1 aromatic heterocycles. The van der Waals surface area contributed by atoms with Crippen LogP contribution in [0.15, 0.2) is 54.9 Å². The highest BCUT2D eigenvalue weighted by atomic mass is 16.5. The first-order valence-corrected chi connectivity index (χ1v) is 5.63. The van der Waals surface area contributed by atoms with Crippen LogP contribution in [0.5, 0.6) is 0 Å².